The van der Waals surface area contributed by atoms with Crippen molar-refractivity contribution in [1.29, 1.82) is 0 Å². The lowest BCUT2D eigenvalue weighted by Gasteiger charge is -2.21. The van der Waals surface area contributed by atoms with Crippen LogP contribution in [-0.2, 0) is 6.61 Å². The molecule has 1 aliphatic rings. The van der Waals surface area contributed by atoms with Crippen molar-refractivity contribution in [2.24, 2.45) is 5.73 Å². The standard InChI is InChI=1S/C18H20N2O4/c1-12(19)18(8-9-18)20-17(22)16-15(14(21)7-10-23-16)24-11-13-5-3-2-4-6-13/h2-7,10,12H,8-9,11,19H2,1H3,(H,20,22)/t12-/m1/s1. The first-order chi connectivity index (χ1) is 11.5. The second kappa shape index (κ2) is 6.49. The molecule has 3 N–H and O–H groups in total. The number of rotatable bonds is 6. The van der Waals surface area contributed by atoms with Crippen molar-refractivity contribution in [3.63, 3.8) is 0 Å². The minimum absolute atomic E-state index is 0.0840. The van der Waals surface area contributed by atoms with E-state index >= 15 is 0 Å². The Morgan fingerprint density at radius 1 is 1.33 bits per heavy atom. The van der Waals surface area contributed by atoms with Gasteiger partial charge in [-0.2, -0.15) is 0 Å². The summed E-state index contributed by atoms with van der Waals surface area (Å²) < 4.78 is 10.8. The number of ether oxygens (including phenoxy) is 1. The fourth-order valence-electron chi connectivity index (χ4n) is 2.54. The van der Waals surface area contributed by atoms with Crippen molar-refractivity contribution in [3.8, 4) is 5.75 Å². The summed E-state index contributed by atoms with van der Waals surface area (Å²) in [5.41, 5.74) is 6.00. The Balaban J connectivity index is 1.80. The van der Waals surface area contributed by atoms with E-state index in [2.05, 4.69) is 5.32 Å². The Bertz CT molecular complexity index is 779. The molecule has 1 heterocycles. The quantitative estimate of drug-likeness (QED) is 0.843. The van der Waals surface area contributed by atoms with Crippen LogP contribution in [0.3, 0.4) is 0 Å². The predicted octanol–water partition coefficient (Wildman–Crippen LogP) is 1.83. The number of nitrogens with one attached hydrogen (secondary N) is 1. The van der Waals surface area contributed by atoms with Gasteiger partial charge in [0, 0.05) is 12.1 Å². The molecule has 0 radical (unpaired) electrons. The molecule has 1 saturated carbocycles. The van der Waals surface area contributed by atoms with Gasteiger partial charge in [0.15, 0.2) is 0 Å². The Morgan fingerprint density at radius 3 is 2.67 bits per heavy atom. The summed E-state index contributed by atoms with van der Waals surface area (Å²) in [6.45, 7) is 2.02. The number of amides is 1. The molecule has 0 saturated heterocycles. The Morgan fingerprint density at radius 2 is 2.04 bits per heavy atom. The normalized spacial score (nSPS) is 16.2. The van der Waals surface area contributed by atoms with Gasteiger partial charge < -0.3 is 20.2 Å². The first-order valence-electron chi connectivity index (χ1n) is 7.88. The third-order valence-electron chi connectivity index (χ3n) is 4.29. The highest BCUT2D eigenvalue weighted by Gasteiger charge is 2.48. The maximum atomic E-state index is 12.5. The molecule has 1 aromatic heterocycles. The lowest BCUT2D eigenvalue weighted by Crippen LogP contribution is -2.48. The highest BCUT2D eigenvalue weighted by Crippen LogP contribution is 2.38. The number of carbonyl (C=O) groups excluding carboxylic acids is 1. The number of benzene rings is 1. The molecule has 0 spiro atoms. The summed E-state index contributed by atoms with van der Waals surface area (Å²) >= 11 is 0. The molecule has 6 nitrogen and oxygen atoms in total. The van der Waals surface area contributed by atoms with Crippen molar-refractivity contribution in [1.82, 2.24) is 5.32 Å². The van der Waals surface area contributed by atoms with Crippen molar-refractivity contribution < 1.29 is 13.9 Å². The maximum absolute atomic E-state index is 12.5. The minimum Gasteiger partial charge on any atom is -0.481 e. The highest BCUT2D eigenvalue weighted by molar-refractivity contribution is 5.94. The van der Waals surface area contributed by atoms with Crippen LogP contribution in [0.1, 0.15) is 35.9 Å². The number of carbonyl (C=O) groups is 1. The molecule has 0 aliphatic heterocycles. The summed E-state index contributed by atoms with van der Waals surface area (Å²) in [6, 6.07) is 10.4. The second-order valence-electron chi connectivity index (χ2n) is 6.12. The van der Waals surface area contributed by atoms with Crippen LogP contribution in [0.2, 0.25) is 0 Å². The zero-order valence-electron chi connectivity index (χ0n) is 13.5. The topological polar surface area (TPSA) is 94.6 Å². The molecular weight excluding hydrogens is 308 g/mol. The first-order valence-corrected chi connectivity index (χ1v) is 7.88. The second-order valence-corrected chi connectivity index (χ2v) is 6.12. The third kappa shape index (κ3) is 3.33. The highest BCUT2D eigenvalue weighted by atomic mass is 16.5. The largest absolute Gasteiger partial charge is 0.481 e. The van der Waals surface area contributed by atoms with Gasteiger partial charge in [0.25, 0.3) is 5.91 Å². The van der Waals surface area contributed by atoms with Crippen LogP contribution in [0, 0.1) is 0 Å². The van der Waals surface area contributed by atoms with Gasteiger partial charge in [0.2, 0.25) is 16.9 Å². The van der Waals surface area contributed by atoms with E-state index in [0.29, 0.717) is 0 Å². The fraction of sp³-hybridized carbons (Fsp3) is 0.333. The van der Waals surface area contributed by atoms with Gasteiger partial charge in [-0.25, -0.2) is 0 Å². The molecule has 1 aliphatic carbocycles. The zero-order chi connectivity index (χ0) is 17.2. The Kier molecular flexibility index (Phi) is 4.40. The van der Waals surface area contributed by atoms with E-state index in [1.54, 1.807) is 0 Å². The fourth-order valence-corrected chi connectivity index (χ4v) is 2.54. The number of nitrogens with two attached hydrogens (primary N) is 1. The van der Waals surface area contributed by atoms with Crippen LogP contribution in [-0.4, -0.2) is 17.5 Å². The van der Waals surface area contributed by atoms with Crippen LogP contribution in [0.4, 0.5) is 0 Å². The van der Waals surface area contributed by atoms with Gasteiger partial charge in [-0.15, -0.1) is 0 Å². The molecule has 1 fully saturated rings. The first kappa shape index (κ1) is 16.3. The van der Waals surface area contributed by atoms with Crippen LogP contribution >= 0.6 is 0 Å². The summed E-state index contributed by atoms with van der Waals surface area (Å²) in [5.74, 6) is -0.685. The van der Waals surface area contributed by atoms with Gasteiger partial charge in [0.05, 0.1) is 11.8 Å². The van der Waals surface area contributed by atoms with E-state index in [4.69, 9.17) is 14.9 Å². The zero-order valence-corrected chi connectivity index (χ0v) is 13.5. The van der Waals surface area contributed by atoms with Crippen molar-refractivity contribution in [2.45, 2.75) is 38.0 Å². The van der Waals surface area contributed by atoms with Crippen LogP contribution in [0.25, 0.3) is 0 Å². The SMILES string of the molecule is C[C@@H](N)C1(NC(=O)c2occc(=O)c2OCc2ccccc2)CC1. The molecule has 1 amide bonds. The molecule has 2 aromatic rings. The average molecular weight is 328 g/mol. The summed E-state index contributed by atoms with van der Waals surface area (Å²) in [6.07, 6.45) is 2.82. The van der Waals surface area contributed by atoms with Gasteiger partial charge in [-0.1, -0.05) is 30.3 Å². The van der Waals surface area contributed by atoms with Gasteiger partial charge >= 0.3 is 0 Å². The third-order valence-corrected chi connectivity index (χ3v) is 4.29. The summed E-state index contributed by atoms with van der Waals surface area (Å²) in [4.78, 5) is 24.6. The minimum atomic E-state index is -0.481. The van der Waals surface area contributed by atoms with Crippen LogP contribution in [0.15, 0.2) is 51.9 Å². The monoisotopic (exact) mass is 328 g/mol. The van der Waals surface area contributed by atoms with E-state index in [1.165, 1.54) is 12.3 Å². The van der Waals surface area contributed by atoms with Crippen LogP contribution in [0.5, 0.6) is 5.75 Å². The lowest BCUT2D eigenvalue weighted by molar-refractivity contribution is 0.0886. The Hall–Kier alpha value is -2.60. The van der Waals surface area contributed by atoms with Crippen molar-refractivity contribution in [2.75, 3.05) is 0 Å². The van der Waals surface area contributed by atoms with Crippen LogP contribution < -0.4 is 21.2 Å². The van der Waals surface area contributed by atoms with Crippen molar-refractivity contribution in [3.05, 3.63) is 64.2 Å². The average Bonchev–Trinajstić information content (AvgIpc) is 3.35. The molecule has 0 bridgehead atoms. The maximum Gasteiger partial charge on any atom is 0.291 e. The Labute approximate surface area is 139 Å². The molecule has 0 unspecified atom stereocenters. The van der Waals surface area contributed by atoms with Crippen molar-refractivity contribution >= 4 is 5.91 Å². The predicted molar refractivity (Wildman–Crippen MR) is 88.8 cm³/mol. The number of hydrogen-bond acceptors (Lipinski definition) is 5. The van der Waals surface area contributed by atoms with E-state index in [9.17, 15) is 9.59 Å². The molecule has 6 heteroatoms. The number of hydrogen-bond donors (Lipinski definition) is 2. The van der Waals surface area contributed by atoms with E-state index in [-0.39, 0.29) is 24.2 Å². The molecule has 3 rings (SSSR count). The van der Waals surface area contributed by atoms with Gasteiger partial charge in [-0.05, 0) is 25.3 Å². The smallest absolute Gasteiger partial charge is 0.291 e. The van der Waals surface area contributed by atoms with E-state index in [0.717, 1.165) is 18.4 Å². The molecule has 1 atom stereocenters. The van der Waals surface area contributed by atoms with E-state index in [1.807, 2.05) is 37.3 Å². The summed E-state index contributed by atoms with van der Waals surface area (Å²) in [5, 5.41) is 2.87. The molecular formula is C18H20N2O4. The molecule has 126 valence electrons. The lowest BCUT2D eigenvalue weighted by atomic mass is 10.1. The van der Waals surface area contributed by atoms with Gasteiger partial charge in [0.1, 0.15) is 6.61 Å². The molecule has 24 heavy (non-hydrogen) atoms. The molecule has 1 aromatic carbocycles. The van der Waals surface area contributed by atoms with Gasteiger partial charge in [-0.3, -0.25) is 9.59 Å². The summed E-state index contributed by atoms with van der Waals surface area (Å²) in [7, 11) is 0. The van der Waals surface area contributed by atoms with E-state index < -0.39 is 16.9 Å².